The third-order valence-electron chi connectivity index (χ3n) is 3.71. The van der Waals surface area contributed by atoms with E-state index in [9.17, 15) is 4.79 Å². The number of amides is 1. The predicted molar refractivity (Wildman–Crippen MR) is 99.2 cm³/mol. The van der Waals surface area contributed by atoms with Crippen molar-refractivity contribution in [3.05, 3.63) is 60.2 Å². The topological polar surface area (TPSA) is 41.9 Å². The van der Waals surface area contributed by atoms with Crippen LogP contribution in [0.25, 0.3) is 0 Å². The number of hydrogen-bond donors (Lipinski definition) is 0. The molecule has 124 valence electrons. The summed E-state index contributed by atoms with van der Waals surface area (Å²) in [6, 6.07) is 17.1. The van der Waals surface area contributed by atoms with E-state index in [-0.39, 0.29) is 11.9 Å². The summed E-state index contributed by atoms with van der Waals surface area (Å²) in [6.45, 7) is 4.65. The Labute approximate surface area is 146 Å². The molecule has 0 radical (unpaired) electrons. The third kappa shape index (κ3) is 3.62. The van der Waals surface area contributed by atoms with Crippen molar-refractivity contribution in [3.63, 3.8) is 0 Å². The van der Waals surface area contributed by atoms with Gasteiger partial charge in [-0.1, -0.05) is 30.0 Å². The van der Waals surface area contributed by atoms with Gasteiger partial charge in [0.15, 0.2) is 5.17 Å². The lowest BCUT2D eigenvalue weighted by molar-refractivity contribution is 0.0828. The quantitative estimate of drug-likeness (QED) is 0.831. The number of hydrogen-bond acceptors (Lipinski definition) is 4. The van der Waals surface area contributed by atoms with Crippen LogP contribution in [-0.2, 0) is 0 Å². The second kappa shape index (κ2) is 7.53. The number of amidine groups is 1. The Morgan fingerprint density at radius 2 is 1.92 bits per heavy atom. The van der Waals surface area contributed by atoms with Gasteiger partial charge in [-0.25, -0.2) is 4.99 Å². The first kappa shape index (κ1) is 16.6. The lowest BCUT2D eigenvalue weighted by Gasteiger charge is -2.21. The number of rotatable bonds is 4. The Balaban J connectivity index is 1.84. The van der Waals surface area contributed by atoms with Crippen molar-refractivity contribution in [2.45, 2.75) is 19.9 Å². The van der Waals surface area contributed by atoms with Crippen LogP contribution < -0.4 is 4.74 Å². The molecule has 0 aliphatic carbocycles. The minimum atomic E-state index is -0.00205. The van der Waals surface area contributed by atoms with E-state index in [0.29, 0.717) is 12.2 Å². The maximum atomic E-state index is 12.8. The molecule has 3 rings (SSSR count). The van der Waals surface area contributed by atoms with E-state index in [1.807, 2.05) is 61.5 Å². The fourth-order valence-corrected chi connectivity index (χ4v) is 3.63. The van der Waals surface area contributed by atoms with Gasteiger partial charge in [0.25, 0.3) is 5.91 Å². The number of benzene rings is 2. The molecule has 1 aliphatic heterocycles. The van der Waals surface area contributed by atoms with Gasteiger partial charge in [-0.2, -0.15) is 0 Å². The molecule has 5 heteroatoms. The highest BCUT2D eigenvalue weighted by Gasteiger charge is 2.32. The average Bonchev–Trinajstić information content (AvgIpc) is 2.97. The van der Waals surface area contributed by atoms with Crippen LogP contribution in [0.2, 0.25) is 0 Å². The van der Waals surface area contributed by atoms with Gasteiger partial charge < -0.3 is 4.74 Å². The lowest BCUT2D eigenvalue weighted by atomic mass is 10.2. The Kier molecular flexibility index (Phi) is 5.20. The van der Waals surface area contributed by atoms with Crippen molar-refractivity contribution < 1.29 is 9.53 Å². The molecule has 1 aliphatic rings. The molecule has 24 heavy (non-hydrogen) atoms. The Morgan fingerprint density at radius 1 is 1.21 bits per heavy atom. The fourth-order valence-electron chi connectivity index (χ4n) is 2.51. The van der Waals surface area contributed by atoms with Crippen LogP contribution in [0.1, 0.15) is 24.2 Å². The largest absolute Gasteiger partial charge is 0.494 e. The highest BCUT2D eigenvalue weighted by Crippen LogP contribution is 2.29. The molecule has 1 amide bonds. The van der Waals surface area contributed by atoms with Crippen LogP contribution in [0.4, 0.5) is 5.69 Å². The molecule has 2 aromatic carbocycles. The van der Waals surface area contributed by atoms with Crippen LogP contribution in [0.15, 0.2) is 59.6 Å². The van der Waals surface area contributed by atoms with Crippen LogP contribution in [0.5, 0.6) is 5.75 Å². The first-order valence-electron chi connectivity index (χ1n) is 8.02. The molecule has 0 aromatic heterocycles. The van der Waals surface area contributed by atoms with E-state index in [0.717, 1.165) is 22.4 Å². The zero-order valence-corrected chi connectivity index (χ0v) is 14.6. The highest BCUT2D eigenvalue weighted by molar-refractivity contribution is 8.14. The SMILES string of the molecule is CCOc1ccc(N=C2SC[C@H](C)N2C(=O)c2ccccc2)cc1. The number of ether oxygens (including phenoxy) is 1. The molecule has 0 N–H and O–H groups in total. The van der Waals surface area contributed by atoms with Crippen molar-refractivity contribution in [2.24, 2.45) is 4.99 Å². The molecule has 4 nitrogen and oxygen atoms in total. The van der Waals surface area contributed by atoms with Crippen molar-refractivity contribution in [2.75, 3.05) is 12.4 Å². The van der Waals surface area contributed by atoms with Gasteiger partial charge in [-0.05, 0) is 50.2 Å². The van der Waals surface area contributed by atoms with Crippen LogP contribution in [-0.4, -0.2) is 34.4 Å². The molecule has 0 spiro atoms. The molecule has 0 saturated carbocycles. The van der Waals surface area contributed by atoms with E-state index in [4.69, 9.17) is 4.74 Å². The van der Waals surface area contributed by atoms with Gasteiger partial charge in [0, 0.05) is 17.4 Å². The molecular weight excluding hydrogens is 320 g/mol. The second-order valence-corrected chi connectivity index (χ2v) is 6.51. The van der Waals surface area contributed by atoms with Crippen molar-refractivity contribution in [3.8, 4) is 5.75 Å². The summed E-state index contributed by atoms with van der Waals surface area (Å²) in [5, 5.41) is 0.750. The minimum Gasteiger partial charge on any atom is -0.494 e. The van der Waals surface area contributed by atoms with E-state index < -0.39 is 0 Å². The molecule has 0 bridgehead atoms. The lowest BCUT2D eigenvalue weighted by Crippen LogP contribution is -2.37. The van der Waals surface area contributed by atoms with E-state index in [1.165, 1.54) is 0 Å². The number of nitrogens with zero attached hydrogens (tertiary/aromatic N) is 2. The molecule has 0 unspecified atom stereocenters. The first-order chi connectivity index (χ1) is 11.7. The van der Waals surface area contributed by atoms with Gasteiger partial charge in [0.05, 0.1) is 12.3 Å². The summed E-state index contributed by atoms with van der Waals surface area (Å²) in [5.74, 6) is 1.68. The van der Waals surface area contributed by atoms with Gasteiger partial charge in [-0.3, -0.25) is 9.69 Å². The van der Waals surface area contributed by atoms with Crippen LogP contribution in [0, 0.1) is 0 Å². The molecule has 1 atom stereocenters. The van der Waals surface area contributed by atoms with Gasteiger partial charge in [0.1, 0.15) is 5.75 Å². The van der Waals surface area contributed by atoms with Gasteiger partial charge in [0.2, 0.25) is 0 Å². The minimum absolute atomic E-state index is 0.00205. The number of carbonyl (C=O) groups excluding carboxylic acids is 1. The second-order valence-electron chi connectivity index (χ2n) is 5.52. The zero-order valence-electron chi connectivity index (χ0n) is 13.8. The Morgan fingerprint density at radius 3 is 2.58 bits per heavy atom. The summed E-state index contributed by atoms with van der Waals surface area (Å²) in [4.78, 5) is 19.3. The smallest absolute Gasteiger partial charge is 0.260 e. The molecular formula is C19H20N2O2S. The Bertz CT molecular complexity index is 729. The molecule has 1 heterocycles. The number of thioether (sulfide) groups is 1. The summed E-state index contributed by atoms with van der Waals surface area (Å²) in [7, 11) is 0. The monoisotopic (exact) mass is 340 g/mol. The Hall–Kier alpha value is -2.27. The average molecular weight is 340 g/mol. The molecule has 1 fully saturated rings. The van der Waals surface area contributed by atoms with Crippen molar-refractivity contribution in [1.82, 2.24) is 4.90 Å². The van der Waals surface area contributed by atoms with Crippen LogP contribution in [0.3, 0.4) is 0 Å². The summed E-state index contributed by atoms with van der Waals surface area (Å²) in [5.41, 5.74) is 1.51. The summed E-state index contributed by atoms with van der Waals surface area (Å²) < 4.78 is 5.45. The third-order valence-corrected chi connectivity index (χ3v) is 4.91. The predicted octanol–water partition coefficient (Wildman–Crippen LogP) is 4.35. The normalized spacial score (nSPS) is 18.8. The van der Waals surface area contributed by atoms with E-state index in [1.54, 1.807) is 16.7 Å². The van der Waals surface area contributed by atoms with Crippen molar-refractivity contribution in [1.29, 1.82) is 0 Å². The van der Waals surface area contributed by atoms with Crippen molar-refractivity contribution >= 4 is 28.5 Å². The zero-order chi connectivity index (χ0) is 16.9. The summed E-state index contributed by atoms with van der Waals surface area (Å²) >= 11 is 1.61. The van der Waals surface area contributed by atoms with Gasteiger partial charge >= 0.3 is 0 Å². The van der Waals surface area contributed by atoms with E-state index >= 15 is 0 Å². The fraction of sp³-hybridized carbons (Fsp3) is 0.263. The highest BCUT2D eigenvalue weighted by atomic mass is 32.2. The van der Waals surface area contributed by atoms with E-state index in [2.05, 4.69) is 11.9 Å². The number of aliphatic imine (C=N–C) groups is 1. The summed E-state index contributed by atoms with van der Waals surface area (Å²) in [6.07, 6.45) is 0. The molecule has 1 saturated heterocycles. The van der Waals surface area contributed by atoms with Crippen LogP contribution >= 0.6 is 11.8 Å². The maximum Gasteiger partial charge on any atom is 0.260 e. The molecule has 2 aromatic rings. The van der Waals surface area contributed by atoms with Gasteiger partial charge in [-0.15, -0.1) is 0 Å². The first-order valence-corrected chi connectivity index (χ1v) is 9.00. The number of carbonyl (C=O) groups is 1. The maximum absolute atomic E-state index is 12.8. The standard InChI is InChI=1S/C19H20N2O2S/c1-3-23-17-11-9-16(10-12-17)20-19-21(14(2)13-24-19)18(22)15-7-5-4-6-8-15/h4-12,14H,3,13H2,1-2H3/t14-/m0/s1.